The van der Waals surface area contributed by atoms with Gasteiger partial charge in [-0.25, -0.2) is 4.79 Å². The van der Waals surface area contributed by atoms with Crippen LogP contribution in [0.2, 0.25) is 5.02 Å². The number of halogens is 1. The first-order chi connectivity index (χ1) is 12.8. The van der Waals surface area contributed by atoms with Crippen LogP contribution < -0.4 is 10.6 Å². The Bertz CT molecular complexity index is 940. The molecule has 0 aliphatic carbocycles. The number of amides is 4. The number of rotatable bonds is 4. The molecule has 0 aromatic heterocycles. The minimum absolute atomic E-state index is 0.178. The minimum Gasteiger partial charge on any atom is -0.308 e. The number of hydrogen-bond donors (Lipinski definition) is 2. The van der Waals surface area contributed by atoms with Gasteiger partial charge in [0.15, 0.2) is 0 Å². The fraction of sp³-hybridized carbons (Fsp3) is 0.250. The van der Waals surface area contributed by atoms with Crippen LogP contribution in [0, 0.1) is 12.8 Å². The smallest absolute Gasteiger partial charge is 0.308 e. The molecule has 3 rings (SSSR count). The highest BCUT2D eigenvalue weighted by molar-refractivity contribution is 6.31. The van der Waals surface area contributed by atoms with Crippen LogP contribution in [0.15, 0.2) is 36.4 Å². The third-order valence-electron chi connectivity index (χ3n) is 4.21. The molecule has 7 heteroatoms. The summed E-state index contributed by atoms with van der Waals surface area (Å²) in [6.07, 6.45) is 0. The predicted molar refractivity (Wildman–Crippen MR) is 105 cm³/mol. The highest BCUT2D eigenvalue weighted by atomic mass is 35.5. The molecule has 140 valence electrons. The van der Waals surface area contributed by atoms with Crippen LogP contribution in [0.1, 0.15) is 40.1 Å². The Labute approximate surface area is 162 Å². The van der Waals surface area contributed by atoms with Crippen LogP contribution in [0.3, 0.4) is 0 Å². The molecule has 1 aliphatic heterocycles. The van der Waals surface area contributed by atoms with Crippen molar-refractivity contribution in [2.24, 2.45) is 5.92 Å². The molecule has 2 N–H and O–H groups in total. The molecule has 6 nitrogen and oxygen atoms in total. The Morgan fingerprint density at radius 3 is 2.22 bits per heavy atom. The van der Waals surface area contributed by atoms with Gasteiger partial charge in [-0.1, -0.05) is 31.5 Å². The van der Waals surface area contributed by atoms with Crippen molar-refractivity contribution in [1.82, 2.24) is 4.90 Å². The van der Waals surface area contributed by atoms with E-state index in [2.05, 4.69) is 10.6 Å². The van der Waals surface area contributed by atoms with E-state index in [0.717, 1.165) is 5.56 Å². The van der Waals surface area contributed by atoms with Crippen LogP contribution in [0.4, 0.5) is 16.2 Å². The van der Waals surface area contributed by atoms with E-state index in [0.29, 0.717) is 34.1 Å². The molecule has 4 amide bonds. The lowest BCUT2D eigenvalue weighted by atomic mass is 10.1. The molecule has 1 heterocycles. The molecule has 0 unspecified atom stereocenters. The number of carbonyl (C=O) groups excluding carboxylic acids is 3. The normalized spacial score (nSPS) is 13.1. The molecule has 0 saturated carbocycles. The van der Waals surface area contributed by atoms with E-state index < -0.39 is 6.03 Å². The van der Waals surface area contributed by atoms with Crippen molar-refractivity contribution in [2.45, 2.75) is 20.8 Å². The Morgan fingerprint density at radius 2 is 1.59 bits per heavy atom. The standard InChI is InChI=1S/C20H20ClN3O3/c1-11(2)10-24-18(25)15-7-6-13(8-16(15)19(24)26)22-20(27)23-14-5-4-12(3)17(21)9-14/h4-9,11H,10H2,1-3H3,(H2,22,23,27). The Balaban J connectivity index is 1.74. The molecule has 0 atom stereocenters. The third-order valence-corrected chi connectivity index (χ3v) is 4.61. The summed E-state index contributed by atoms with van der Waals surface area (Å²) in [5, 5.41) is 5.91. The van der Waals surface area contributed by atoms with Gasteiger partial charge in [0.25, 0.3) is 11.8 Å². The summed E-state index contributed by atoms with van der Waals surface area (Å²) in [6.45, 7) is 6.12. The fourth-order valence-electron chi connectivity index (χ4n) is 2.86. The molecule has 2 aromatic rings. The van der Waals surface area contributed by atoms with Gasteiger partial charge >= 0.3 is 6.03 Å². The van der Waals surface area contributed by atoms with Crippen molar-refractivity contribution >= 4 is 40.8 Å². The summed E-state index contributed by atoms with van der Waals surface area (Å²) in [7, 11) is 0. The van der Waals surface area contributed by atoms with Crippen molar-refractivity contribution in [3.05, 3.63) is 58.1 Å². The maximum absolute atomic E-state index is 12.5. The second-order valence-corrected chi connectivity index (χ2v) is 7.33. The van der Waals surface area contributed by atoms with Crippen LogP contribution in [-0.2, 0) is 0 Å². The first kappa shape index (κ1) is 18.9. The molecule has 0 spiro atoms. The second-order valence-electron chi connectivity index (χ2n) is 6.92. The molecule has 0 fully saturated rings. The van der Waals surface area contributed by atoms with Crippen LogP contribution in [-0.4, -0.2) is 29.3 Å². The van der Waals surface area contributed by atoms with Gasteiger partial charge in [-0.2, -0.15) is 0 Å². The number of nitrogens with zero attached hydrogens (tertiary/aromatic N) is 1. The maximum Gasteiger partial charge on any atom is 0.323 e. The van der Waals surface area contributed by atoms with E-state index in [1.165, 1.54) is 11.0 Å². The van der Waals surface area contributed by atoms with Crippen molar-refractivity contribution in [3.63, 3.8) is 0 Å². The average molecular weight is 386 g/mol. The zero-order chi connectivity index (χ0) is 19.7. The van der Waals surface area contributed by atoms with Crippen LogP contribution in [0.5, 0.6) is 0 Å². The van der Waals surface area contributed by atoms with Gasteiger partial charge in [-0.05, 0) is 48.7 Å². The molecule has 2 aromatic carbocycles. The van der Waals surface area contributed by atoms with E-state index in [4.69, 9.17) is 11.6 Å². The summed E-state index contributed by atoms with van der Waals surface area (Å²) in [6, 6.07) is 9.43. The van der Waals surface area contributed by atoms with E-state index in [1.54, 1.807) is 30.3 Å². The predicted octanol–water partition coefficient (Wildman–Crippen LogP) is 4.54. The summed E-state index contributed by atoms with van der Waals surface area (Å²) in [5.74, 6) is -0.455. The molecule has 1 aliphatic rings. The number of anilines is 2. The van der Waals surface area contributed by atoms with E-state index in [-0.39, 0.29) is 17.7 Å². The largest absolute Gasteiger partial charge is 0.323 e. The zero-order valence-corrected chi connectivity index (χ0v) is 16.1. The molecule has 27 heavy (non-hydrogen) atoms. The van der Waals surface area contributed by atoms with Crippen LogP contribution >= 0.6 is 11.6 Å². The highest BCUT2D eigenvalue weighted by Crippen LogP contribution is 2.27. The first-order valence-electron chi connectivity index (χ1n) is 8.60. The van der Waals surface area contributed by atoms with Crippen molar-refractivity contribution in [1.29, 1.82) is 0 Å². The minimum atomic E-state index is -0.467. The van der Waals surface area contributed by atoms with Crippen LogP contribution in [0.25, 0.3) is 0 Å². The second kappa shape index (κ2) is 7.40. The quantitative estimate of drug-likeness (QED) is 0.758. The lowest BCUT2D eigenvalue weighted by Crippen LogP contribution is -2.33. The molecule has 0 radical (unpaired) electrons. The summed E-state index contributed by atoms with van der Waals surface area (Å²) in [4.78, 5) is 38.3. The topological polar surface area (TPSA) is 78.5 Å². The first-order valence-corrected chi connectivity index (χ1v) is 8.98. The van der Waals surface area contributed by atoms with Gasteiger partial charge in [0.2, 0.25) is 0 Å². The number of imide groups is 1. The van der Waals surface area contributed by atoms with Crippen molar-refractivity contribution < 1.29 is 14.4 Å². The lowest BCUT2D eigenvalue weighted by molar-refractivity contribution is 0.0636. The number of hydrogen-bond acceptors (Lipinski definition) is 3. The summed E-state index contributed by atoms with van der Waals surface area (Å²) < 4.78 is 0. The van der Waals surface area contributed by atoms with Gasteiger partial charge in [-0.3, -0.25) is 14.5 Å². The number of carbonyl (C=O) groups is 3. The fourth-order valence-corrected chi connectivity index (χ4v) is 3.04. The van der Waals surface area contributed by atoms with Crippen molar-refractivity contribution in [2.75, 3.05) is 17.2 Å². The van der Waals surface area contributed by atoms with Gasteiger partial charge in [0, 0.05) is 22.9 Å². The Morgan fingerprint density at radius 1 is 1.00 bits per heavy atom. The van der Waals surface area contributed by atoms with Gasteiger partial charge in [-0.15, -0.1) is 0 Å². The third kappa shape index (κ3) is 3.95. The average Bonchev–Trinajstić information content (AvgIpc) is 2.82. The van der Waals surface area contributed by atoms with E-state index >= 15 is 0 Å². The number of fused-ring (bicyclic) bond motifs is 1. The molecular formula is C20H20ClN3O3. The number of aryl methyl sites for hydroxylation is 1. The summed E-state index contributed by atoms with van der Waals surface area (Å²) >= 11 is 6.05. The number of nitrogens with one attached hydrogen (secondary N) is 2. The zero-order valence-electron chi connectivity index (χ0n) is 15.3. The Kier molecular flexibility index (Phi) is 5.19. The van der Waals surface area contributed by atoms with E-state index in [9.17, 15) is 14.4 Å². The van der Waals surface area contributed by atoms with Crippen molar-refractivity contribution in [3.8, 4) is 0 Å². The molecular weight excluding hydrogens is 366 g/mol. The molecule has 0 saturated heterocycles. The van der Waals surface area contributed by atoms with Gasteiger partial charge in [0.1, 0.15) is 0 Å². The lowest BCUT2D eigenvalue weighted by Gasteiger charge is -2.15. The highest BCUT2D eigenvalue weighted by Gasteiger charge is 2.35. The number of urea groups is 1. The number of benzene rings is 2. The summed E-state index contributed by atoms with van der Waals surface area (Å²) in [5.41, 5.74) is 2.56. The van der Waals surface area contributed by atoms with Gasteiger partial charge < -0.3 is 10.6 Å². The monoisotopic (exact) mass is 385 g/mol. The SMILES string of the molecule is Cc1ccc(NC(=O)Nc2ccc3c(c2)C(=O)N(CC(C)C)C3=O)cc1Cl. The Hall–Kier alpha value is -2.86. The van der Waals surface area contributed by atoms with Gasteiger partial charge in [0.05, 0.1) is 11.1 Å². The molecule has 0 bridgehead atoms. The maximum atomic E-state index is 12.5. The van der Waals surface area contributed by atoms with E-state index in [1.807, 2.05) is 20.8 Å².